The van der Waals surface area contributed by atoms with Crippen LogP contribution in [-0.4, -0.2) is 27.0 Å². The van der Waals surface area contributed by atoms with E-state index in [2.05, 4.69) is 5.32 Å². The first kappa shape index (κ1) is 14.3. The van der Waals surface area contributed by atoms with Crippen molar-refractivity contribution in [2.24, 2.45) is 0 Å². The summed E-state index contributed by atoms with van der Waals surface area (Å²) in [7, 11) is -2.86. The molecule has 1 N–H and O–H groups in total. The molecule has 0 aliphatic carbocycles. The van der Waals surface area contributed by atoms with E-state index in [-0.39, 0.29) is 11.8 Å². The van der Waals surface area contributed by atoms with E-state index in [0.717, 1.165) is 24.3 Å². The SMILES string of the molecule is CCNC(CCCS(C)(=O)=O)c1ccoc1C. The van der Waals surface area contributed by atoms with Gasteiger partial charge >= 0.3 is 0 Å². The molecule has 0 aromatic carbocycles. The first-order valence-corrected chi connectivity index (χ1v) is 7.95. The highest BCUT2D eigenvalue weighted by Crippen LogP contribution is 2.23. The molecule has 0 aliphatic rings. The minimum absolute atomic E-state index is 0.181. The van der Waals surface area contributed by atoms with Gasteiger partial charge in [-0.05, 0) is 32.4 Å². The molecule has 0 amide bonds. The zero-order valence-electron chi connectivity index (χ0n) is 10.7. The van der Waals surface area contributed by atoms with E-state index in [1.165, 1.54) is 6.26 Å². The standard InChI is InChI=1S/C12H21NO3S/c1-4-13-12(6-5-9-17(3,14)15)11-7-8-16-10(11)2/h7-8,12-13H,4-6,9H2,1-3H3. The van der Waals surface area contributed by atoms with E-state index in [0.29, 0.717) is 6.42 Å². The van der Waals surface area contributed by atoms with Crippen LogP contribution in [-0.2, 0) is 9.84 Å². The Labute approximate surface area is 103 Å². The van der Waals surface area contributed by atoms with Crippen LogP contribution in [0.1, 0.15) is 37.1 Å². The fourth-order valence-corrected chi connectivity index (χ4v) is 2.61. The predicted octanol–water partition coefficient (Wildman–Crippen LogP) is 2.06. The Morgan fingerprint density at radius 3 is 2.65 bits per heavy atom. The number of sulfone groups is 1. The molecule has 0 spiro atoms. The Bertz CT molecular complexity index is 436. The first-order valence-electron chi connectivity index (χ1n) is 5.89. The van der Waals surface area contributed by atoms with Gasteiger partial charge in [0.1, 0.15) is 15.6 Å². The van der Waals surface area contributed by atoms with Crippen LogP contribution in [0.4, 0.5) is 0 Å². The number of nitrogens with one attached hydrogen (secondary N) is 1. The van der Waals surface area contributed by atoms with Crippen molar-refractivity contribution in [2.45, 2.75) is 32.7 Å². The second-order valence-corrected chi connectivity index (χ2v) is 6.57. The zero-order valence-corrected chi connectivity index (χ0v) is 11.5. The number of furan rings is 1. The summed E-state index contributed by atoms with van der Waals surface area (Å²) < 4.78 is 27.5. The molecular formula is C12H21NO3S. The highest BCUT2D eigenvalue weighted by Gasteiger charge is 2.15. The largest absolute Gasteiger partial charge is 0.469 e. The molecule has 0 bridgehead atoms. The van der Waals surface area contributed by atoms with Crippen molar-refractivity contribution in [3.8, 4) is 0 Å². The van der Waals surface area contributed by atoms with E-state index < -0.39 is 9.84 Å². The van der Waals surface area contributed by atoms with Crippen molar-refractivity contribution < 1.29 is 12.8 Å². The Kier molecular flexibility index (Phi) is 5.21. The van der Waals surface area contributed by atoms with E-state index in [4.69, 9.17) is 4.42 Å². The Morgan fingerprint density at radius 2 is 2.18 bits per heavy atom. The van der Waals surface area contributed by atoms with E-state index in [9.17, 15) is 8.42 Å². The lowest BCUT2D eigenvalue weighted by atomic mass is 10.0. The molecular weight excluding hydrogens is 238 g/mol. The van der Waals surface area contributed by atoms with E-state index in [1.807, 2.05) is 19.9 Å². The van der Waals surface area contributed by atoms with Gasteiger partial charge in [0, 0.05) is 23.6 Å². The van der Waals surface area contributed by atoms with Crippen LogP contribution in [0.25, 0.3) is 0 Å². The summed E-state index contributed by atoms with van der Waals surface area (Å²) in [6, 6.07) is 2.13. The average molecular weight is 259 g/mol. The summed E-state index contributed by atoms with van der Waals surface area (Å²) in [6.07, 6.45) is 4.42. The molecule has 5 heteroatoms. The molecule has 0 aliphatic heterocycles. The summed E-state index contributed by atoms with van der Waals surface area (Å²) in [6.45, 7) is 4.82. The number of hydrogen-bond acceptors (Lipinski definition) is 4. The lowest BCUT2D eigenvalue weighted by Gasteiger charge is -2.17. The molecule has 4 nitrogen and oxygen atoms in total. The molecule has 0 saturated heterocycles. The topological polar surface area (TPSA) is 59.3 Å². The molecule has 1 aromatic rings. The van der Waals surface area contributed by atoms with Crippen LogP contribution in [0.2, 0.25) is 0 Å². The van der Waals surface area contributed by atoms with Gasteiger partial charge in [0.15, 0.2) is 0 Å². The van der Waals surface area contributed by atoms with Gasteiger partial charge < -0.3 is 9.73 Å². The Morgan fingerprint density at radius 1 is 1.47 bits per heavy atom. The molecule has 0 fully saturated rings. The van der Waals surface area contributed by atoms with Crippen LogP contribution in [0.3, 0.4) is 0 Å². The number of hydrogen-bond donors (Lipinski definition) is 1. The third kappa shape index (κ3) is 4.91. The molecule has 17 heavy (non-hydrogen) atoms. The molecule has 98 valence electrons. The van der Waals surface area contributed by atoms with Gasteiger partial charge in [-0.3, -0.25) is 0 Å². The number of aryl methyl sites for hydroxylation is 1. The molecule has 1 atom stereocenters. The molecule has 1 unspecified atom stereocenters. The number of rotatable bonds is 7. The lowest BCUT2D eigenvalue weighted by molar-refractivity contribution is 0.481. The normalized spacial score (nSPS) is 13.8. The minimum Gasteiger partial charge on any atom is -0.469 e. The molecule has 1 aromatic heterocycles. The van der Waals surface area contributed by atoms with Crippen molar-refractivity contribution in [3.63, 3.8) is 0 Å². The van der Waals surface area contributed by atoms with Crippen LogP contribution < -0.4 is 5.32 Å². The summed E-state index contributed by atoms with van der Waals surface area (Å²) >= 11 is 0. The first-order chi connectivity index (χ1) is 7.94. The lowest BCUT2D eigenvalue weighted by Crippen LogP contribution is -2.21. The van der Waals surface area contributed by atoms with Crippen molar-refractivity contribution in [1.82, 2.24) is 5.32 Å². The predicted molar refractivity (Wildman–Crippen MR) is 68.8 cm³/mol. The maximum atomic E-state index is 11.1. The average Bonchev–Trinajstić information content (AvgIpc) is 2.61. The fourth-order valence-electron chi connectivity index (χ4n) is 1.92. The second kappa shape index (κ2) is 6.21. The monoisotopic (exact) mass is 259 g/mol. The summed E-state index contributed by atoms with van der Waals surface area (Å²) in [5.74, 6) is 1.14. The highest BCUT2D eigenvalue weighted by atomic mass is 32.2. The molecule has 0 radical (unpaired) electrons. The van der Waals surface area contributed by atoms with Gasteiger partial charge in [0.05, 0.1) is 6.26 Å². The smallest absolute Gasteiger partial charge is 0.147 e. The van der Waals surface area contributed by atoms with Gasteiger partial charge in [-0.25, -0.2) is 8.42 Å². The molecule has 1 heterocycles. The quantitative estimate of drug-likeness (QED) is 0.814. The van der Waals surface area contributed by atoms with Crippen molar-refractivity contribution in [3.05, 3.63) is 23.7 Å². The Balaban J connectivity index is 2.59. The van der Waals surface area contributed by atoms with Crippen LogP contribution in [0.5, 0.6) is 0 Å². The minimum atomic E-state index is -2.86. The summed E-state index contributed by atoms with van der Waals surface area (Å²) in [4.78, 5) is 0. The van der Waals surface area contributed by atoms with Crippen LogP contribution in [0, 0.1) is 6.92 Å². The van der Waals surface area contributed by atoms with Gasteiger partial charge in [-0.2, -0.15) is 0 Å². The van der Waals surface area contributed by atoms with Gasteiger partial charge in [-0.1, -0.05) is 6.92 Å². The summed E-state index contributed by atoms with van der Waals surface area (Å²) in [5.41, 5.74) is 1.13. The van der Waals surface area contributed by atoms with Gasteiger partial charge in [0.25, 0.3) is 0 Å². The fraction of sp³-hybridized carbons (Fsp3) is 0.667. The van der Waals surface area contributed by atoms with E-state index in [1.54, 1.807) is 6.26 Å². The van der Waals surface area contributed by atoms with Gasteiger partial charge in [-0.15, -0.1) is 0 Å². The highest BCUT2D eigenvalue weighted by molar-refractivity contribution is 7.90. The molecule has 0 saturated carbocycles. The van der Waals surface area contributed by atoms with Crippen molar-refractivity contribution in [1.29, 1.82) is 0 Å². The van der Waals surface area contributed by atoms with Gasteiger partial charge in [0.2, 0.25) is 0 Å². The van der Waals surface area contributed by atoms with Crippen LogP contribution >= 0.6 is 0 Å². The maximum absolute atomic E-state index is 11.1. The van der Waals surface area contributed by atoms with Crippen molar-refractivity contribution >= 4 is 9.84 Å². The maximum Gasteiger partial charge on any atom is 0.147 e. The third-order valence-corrected chi connectivity index (χ3v) is 3.76. The second-order valence-electron chi connectivity index (χ2n) is 4.31. The summed E-state index contributed by atoms with van der Waals surface area (Å²) in [5, 5.41) is 3.36. The molecule has 1 rings (SSSR count). The van der Waals surface area contributed by atoms with Crippen molar-refractivity contribution in [2.75, 3.05) is 18.6 Å². The van der Waals surface area contributed by atoms with E-state index >= 15 is 0 Å². The third-order valence-electron chi connectivity index (χ3n) is 2.73. The Hall–Kier alpha value is -0.810. The van der Waals surface area contributed by atoms with Crippen LogP contribution in [0.15, 0.2) is 16.7 Å². The zero-order chi connectivity index (χ0) is 12.9.